The van der Waals surface area contributed by atoms with Gasteiger partial charge in [-0.05, 0) is 20.0 Å². The normalized spacial score (nSPS) is 22.5. The smallest absolute Gasteiger partial charge is 0.0600 e. The van der Waals surface area contributed by atoms with E-state index < -0.39 is 0 Å². The Morgan fingerprint density at radius 3 is 3.36 bits per heavy atom. The summed E-state index contributed by atoms with van der Waals surface area (Å²) in [5.41, 5.74) is 2.86. The Hall–Kier alpha value is -0.280. The van der Waals surface area contributed by atoms with Crippen LogP contribution in [0.4, 0.5) is 0 Å². The van der Waals surface area contributed by atoms with Crippen molar-refractivity contribution >= 4 is 17.3 Å². The van der Waals surface area contributed by atoms with Gasteiger partial charge in [0, 0.05) is 18.0 Å². The summed E-state index contributed by atoms with van der Waals surface area (Å²) in [5, 5.41) is 0. The molecule has 0 aromatic rings. The van der Waals surface area contributed by atoms with Crippen LogP contribution in [0.1, 0.15) is 6.42 Å². The first-order valence-electron chi connectivity index (χ1n) is 3.79. The number of rotatable bonds is 0. The zero-order chi connectivity index (χ0) is 8.10. The minimum atomic E-state index is 0.900. The Morgan fingerprint density at radius 2 is 2.55 bits per heavy atom. The highest BCUT2D eigenvalue weighted by atomic mass is 32.2. The van der Waals surface area contributed by atoms with Gasteiger partial charge in [-0.25, -0.2) is 0 Å². The summed E-state index contributed by atoms with van der Waals surface area (Å²) in [6.45, 7) is 5.90. The van der Waals surface area contributed by atoms with Gasteiger partial charge in [0.25, 0.3) is 0 Å². The molecule has 0 bridgehead atoms. The highest BCUT2D eigenvalue weighted by Gasteiger charge is 2.01. The van der Waals surface area contributed by atoms with E-state index in [0.717, 1.165) is 18.8 Å². The van der Waals surface area contributed by atoms with Crippen molar-refractivity contribution in [3.05, 3.63) is 12.3 Å². The van der Waals surface area contributed by atoms with E-state index >= 15 is 0 Å². The van der Waals surface area contributed by atoms with Gasteiger partial charge in [0.05, 0.1) is 5.55 Å². The van der Waals surface area contributed by atoms with E-state index in [-0.39, 0.29) is 0 Å². The van der Waals surface area contributed by atoms with Gasteiger partial charge in [-0.2, -0.15) is 0 Å². The highest BCUT2D eigenvalue weighted by Crippen LogP contribution is 2.06. The molecule has 3 heteroatoms. The van der Waals surface area contributed by atoms with Crippen LogP contribution in [0.2, 0.25) is 0 Å². The zero-order valence-electron chi connectivity index (χ0n) is 6.92. The molecule has 1 heterocycles. The summed E-state index contributed by atoms with van der Waals surface area (Å²) < 4.78 is 0. The lowest BCUT2D eigenvalue weighted by Crippen LogP contribution is -2.21. The molecule has 0 aliphatic carbocycles. The molecule has 1 aliphatic heterocycles. The van der Waals surface area contributed by atoms with E-state index in [1.165, 1.54) is 12.2 Å². The van der Waals surface area contributed by atoms with Crippen molar-refractivity contribution in [2.45, 2.75) is 6.42 Å². The Bertz CT molecular complexity index is 165. The van der Waals surface area contributed by atoms with Crippen molar-refractivity contribution in [1.29, 1.82) is 0 Å². The number of hydrogen-bond acceptors (Lipinski definition) is 3. The molecule has 0 saturated carbocycles. The molecule has 0 aromatic carbocycles. The summed E-state index contributed by atoms with van der Waals surface area (Å²) in [4.78, 5) is 6.45. The fraction of sp³-hybridized carbons (Fsp3) is 0.625. The van der Waals surface area contributed by atoms with Crippen molar-refractivity contribution < 1.29 is 0 Å². The summed E-state index contributed by atoms with van der Waals surface area (Å²) >= 11 is 1.77. The molecule has 62 valence electrons. The van der Waals surface area contributed by atoms with Gasteiger partial charge in [-0.15, -0.1) is 11.8 Å². The summed E-state index contributed by atoms with van der Waals surface area (Å²) in [6, 6.07) is 0. The van der Waals surface area contributed by atoms with Crippen LogP contribution in [0.25, 0.3) is 0 Å². The molecule has 11 heavy (non-hydrogen) atoms. The Labute approximate surface area is 72.4 Å². The average Bonchev–Trinajstić information content (AvgIpc) is 2.02. The minimum Gasteiger partial charge on any atom is -0.301 e. The lowest BCUT2D eigenvalue weighted by Gasteiger charge is -2.14. The largest absolute Gasteiger partial charge is 0.301 e. The molecule has 0 atom stereocenters. The third-order valence-electron chi connectivity index (χ3n) is 1.56. The van der Waals surface area contributed by atoms with Crippen LogP contribution < -0.4 is 0 Å². The minimum absolute atomic E-state index is 0.900. The molecule has 0 amide bonds. The fourth-order valence-corrected chi connectivity index (χ4v) is 1.64. The third kappa shape index (κ3) is 3.58. The number of aliphatic imine (C=N–C) groups is 1. The van der Waals surface area contributed by atoms with Crippen LogP contribution in [-0.2, 0) is 0 Å². The number of hydrogen-bond donors (Lipinski definition) is 0. The van der Waals surface area contributed by atoms with Crippen LogP contribution in [0, 0.1) is 0 Å². The maximum absolute atomic E-state index is 4.20. The predicted octanol–water partition coefficient (Wildman–Crippen LogP) is 1.60. The summed E-state index contributed by atoms with van der Waals surface area (Å²) in [5.74, 6) is 1.17. The van der Waals surface area contributed by atoms with Gasteiger partial charge >= 0.3 is 0 Å². The molecule has 0 unspecified atom stereocenters. The standard InChI is InChI=1S/C8H14N2S/c1-8-6-10(2)4-3-5-11-7-9-8/h7H,1,3-6H2,2H3. The molecular formula is C8H14N2S. The maximum Gasteiger partial charge on any atom is 0.0600 e. The molecule has 0 radical (unpaired) electrons. The van der Waals surface area contributed by atoms with Crippen LogP contribution in [0.3, 0.4) is 0 Å². The van der Waals surface area contributed by atoms with Crippen molar-refractivity contribution in [1.82, 2.24) is 4.90 Å². The van der Waals surface area contributed by atoms with E-state index in [0.29, 0.717) is 0 Å². The van der Waals surface area contributed by atoms with Crippen molar-refractivity contribution in [3.63, 3.8) is 0 Å². The monoisotopic (exact) mass is 170 g/mol. The third-order valence-corrected chi connectivity index (χ3v) is 2.34. The van der Waals surface area contributed by atoms with Gasteiger partial charge in [0.2, 0.25) is 0 Å². The topological polar surface area (TPSA) is 15.6 Å². The van der Waals surface area contributed by atoms with E-state index in [1.807, 2.05) is 5.55 Å². The van der Waals surface area contributed by atoms with Crippen LogP contribution in [-0.4, -0.2) is 36.3 Å². The second-order valence-electron chi connectivity index (χ2n) is 2.76. The first kappa shape index (κ1) is 8.81. The van der Waals surface area contributed by atoms with E-state index in [2.05, 4.69) is 23.5 Å². The van der Waals surface area contributed by atoms with Crippen molar-refractivity contribution in [2.75, 3.05) is 25.9 Å². The number of thioether (sulfide) groups is 1. The first-order chi connectivity index (χ1) is 5.29. The highest BCUT2D eigenvalue weighted by molar-refractivity contribution is 8.12. The van der Waals surface area contributed by atoms with Crippen LogP contribution in [0.15, 0.2) is 17.3 Å². The van der Waals surface area contributed by atoms with E-state index in [1.54, 1.807) is 11.8 Å². The lowest BCUT2D eigenvalue weighted by molar-refractivity contribution is 0.364. The van der Waals surface area contributed by atoms with Gasteiger partial charge in [-0.1, -0.05) is 6.58 Å². The maximum atomic E-state index is 4.20. The predicted molar refractivity (Wildman–Crippen MR) is 52.2 cm³/mol. The molecule has 0 N–H and O–H groups in total. The Morgan fingerprint density at radius 1 is 1.73 bits per heavy atom. The van der Waals surface area contributed by atoms with Crippen LogP contribution >= 0.6 is 11.8 Å². The summed E-state index contributed by atoms with van der Waals surface area (Å²) in [7, 11) is 2.11. The SMILES string of the molecule is C=C1CN(C)CCCSC=N1. The number of nitrogens with zero attached hydrogens (tertiary/aromatic N) is 2. The Kier molecular flexibility index (Phi) is 3.66. The van der Waals surface area contributed by atoms with Crippen molar-refractivity contribution in [2.24, 2.45) is 4.99 Å². The fourth-order valence-electron chi connectivity index (χ4n) is 1.01. The Balaban J connectivity index is 2.45. The summed E-state index contributed by atoms with van der Waals surface area (Å²) in [6.07, 6.45) is 1.24. The van der Waals surface area contributed by atoms with E-state index in [9.17, 15) is 0 Å². The second kappa shape index (κ2) is 4.57. The molecule has 0 saturated heterocycles. The first-order valence-corrected chi connectivity index (χ1v) is 4.84. The zero-order valence-corrected chi connectivity index (χ0v) is 7.73. The number of likely N-dealkylation sites (N-methyl/N-ethyl adjacent to an activating group) is 1. The quantitative estimate of drug-likeness (QED) is 0.549. The van der Waals surface area contributed by atoms with Crippen molar-refractivity contribution in [3.8, 4) is 0 Å². The molecule has 1 aliphatic rings. The average molecular weight is 170 g/mol. The molecular weight excluding hydrogens is 156 g/mol. The molecule has 0 spiro atoms. The molecule has 2 nitrogen and oxygen atoms in total. The molecule has 0 aromatic heterocycles. The lowest BCUT2D eigenvalue weighted by atomic mass is 10.4. The second-order valence-corrected chi connectivity index (χ2v) is 3.72. The van der Waals surface area contributed by atoms with Gasteiger partial charge in [0.15, 0.2) is 0 Å². The molecule has 0 fully saturated rings. The van der Waals surface area contributed by atoms with Gasteiger partial charge < -0.3 is 4.90 Å². The molecule has 1 rings (SSSR count). The van der Waals surface area contributed by atoms with E-state index in [4.69, 9.17) is 0 Å². The van der Waals surface area contributed by atoms with Gasteiger partial charge in [0.1, 0.15) is 0 Å². The van der Waals surface area contributed by atoms with Gasteiger partial charge in [-0.3, -0.25) is 4.99 Å². The van der Waals surface area contributed by atoms with Crippen LogP contribution in [0.5, 0.6) is 0 Å².